The molecule has 0 fully saturated rings. The number of hydrogen-bond donors (Lipinski definition) is 1. The lowest BCUT2D eigenvalue weighted by atomic mass is 9.94. The van der Waals surface area contributed by atoms with Crippen LogP contribution in [0.2, 0.25) is 0 Å². The predicted octanol–water partition coefficient (Wildman–Crippen LogP) is 2.91. The lowest BCUT2D eigenvalue weighted by Crippen LogP contribution is -2.39. The summed E-state index contributed by atoms with van der Waals surface area (Å²) in [6.45, 7) is 2.52. The first-order valence-electron chi connectivity index (χ1n) is 7.95. The van der Waals surface area contributed by atoms with E-state index in [9.17, 15) is 13.5 Å². The zero-order chi connectivity index (χ0) is 17.2. The van der Waals surface area contributed by atoms with Crippen LogP contribution in [0, 0.1) is 12.8 Å². The van der Waals surface area contributed by atoms with E-state index in [-0.39, 0.29) is 17.4 Å². The van der Waals surface area contributed by atoms with Crippen LogP contribution in [0.3, 0.4) is 0 Å². The standard InChI is InChI=1S/C19H21NO3S/c1-15-9-11-18(12-10-15)24(22,23)20-13-5-8-17(14-20)19(21)16-6-3-2-4-7-16/h2-12,17,19,21H,13-14H2,1H3/t17-,19-/m0/s1. The monoisotopic (exact) mass is 343 g/mol. The highest BCUT2D eigenvalue weighted by atomic mass is 32.2. The highest BCUT2D eigenvalue weighted by Gasteiger charge is 2.31. The highest BCUT2D eigenvalue weighted by Crippen LogP contribution is 2.28. The molecule has 0 saturated heterocycles. The van der Waals surface area contributed by atoms with Crippen LogP contribution < -0.4 is 0 Å². The number of aryl methyl sites for hydroxylation is 1. The van der Waals surface area contributed by atoms with Crippen molar-refractivity contribution in [1.29, 1.82) is 0 Å². The van der Waals surface area contributed by atoms with Gasteiger partial charge in [-0.25, -0.2) is 8.42 Å². The van der Waals surface area contributed by atoms with E-state index in [1.165, 1.54) is 4.31 Å². The van der Waals surface area contributed by atoms with E-state index in [2.05, 4.69) is 0 Å². The summed E-state index contributed by atoms with van der Waals surface area (Å²) >= 11 is 0. The fourth-order valence-corrected chi connectivity index (χ4v) is 4.31. The van der Waals surface area contributed by atoms with Gasteiger partial charge in [-0.3, -0.25) is 0 Å². The Balaban J connectivity index is 1.81. The van der Waals surface area contributed by atoms with Gasteiger partial charge in [-0.15, -0.1) is 0 Å². The molecule has 1 aliphatic heterocycles. The number of hydrogen-bond acceptors (Lipinski definition) is 3. The van der Waals surface area contributed by atoms with Gasteiger partial charge in [0.25, 0.3) is 0 Å². The highest BCUT2D eigenvalue weighted by molar-refractivity contribution is 7.89. The zero-order valence-corrected chi connectivity index (χ0v) is 14.4. The topological polar surface area (TPSA) is 57.6 Å². The molecule has 0 amide bonds. The van der Waals surface area contributed by atoms with Gasteiger partial charge in [-0.2, -0.15) is 4.31 Å². The van der Waals surface area contributed by atoms with Gasteiger partial charge >= 0.3 is 0 Å². The van der Waals surface area contributed by atoms with Crippen molar-refractivity contribution in [2.45, 2.75) is 17.9 Å². The molecular formula is C19H21NO3S. The normalized spacial score (nSPS) is 20.0. The van der Waals surface area contributed by atoms with E-state index < -0.39 is 16.1 Å². The number of benzene rings is 2. The number of rotatable bonds is 4. The van der Waals surface area contributed by atoms with Crippen LogP contribution in [-0.4, -0.2) is 30.9 Å². The van der Waals surface area contributed by atoms with E-state index in [0.29, 0.717) is 6.54 Å². The van der Waals surface area contributed by atoms with Crippen molar-refractivity contribution >= 4 is 10.0 Å². The molecule has 2 atom stereocenters. The summed E-state index contributed by atoms with van der Waals surface area (Å²) in [4.78, 5) is 0.288. The maximum atomic E-state index is 12.8. The summed E-state index contributed by atoms with van der Waals surface area (Å²) in [5.74, 6) is -0.263. The molecule has 2 aromatic rings. The van der Waals surface area contributed by atoms with Crippen LogP contribution >= 0.6 is 0 Å². The van der Waals surface area contributed by atoms with E-state index in [1.807, 2.05) is 49.4 Å². The Hall–Kier alpha value is -1.95. The second kappa shape index (κ2) is 6.89. The third-order valence-corrected chi connectivity index (χ3v) is 6.16. The summed E-state index contributed by atoms with van der Waals surface area (Å²) in [6.07, 6.45) is 2.99. The van der Waals surface area contributed by atoms with Crippen LogP contribution in [0.4, 0.5) is 0 Å². The molecule has 126 valence electrons. The Morgan fingerprint density at radius 1 is 1.08 bits per heavy atom. The summed E-state index contributed by atoms with van der Waals surface area (Å²) in [5, 5.41) is 10.6. The molecule has 3 rings (SSSR count). The predicted molar refractivity (Wildman–Crippen MR) is 94.0 cm³/mol. The second-order valence-corrected chi connectivity index (χ2v) is 8.02. The molecule has 0 radical (unpaired) electrons. The summed E-state index contributed by atoms with van der Waals surface area (Å²) in [6, 6.07) is 16.2. The number of aliphatic hydroxyl groups excluding tert-OH is 1. The third-order valence-electron chi connectivity index (χ3n) is 4.31. The molecule has 2 aromatic carbocycles. The van der Waals surface area contributed by atoms with Gasteiger partial charge in [-0.1, -0.05) is 60.2 Å². The molecule has 4 nitrogen and oxygen atoms in total. The number of aliphatic hydroxyl groups is 1. The van der Waals surface area contributed by atoms with Gasteiger partial charge in [0.2, 0.25) is 10.0 Å². The van der Waals surface area contributed by atoms with Crippen molar-refractivity contribution in [3.63, 3.8) is 0 Å². The molecular weight excluding hydrogens is 322 g/mol. The first kappa shape index (κ1) is 16.9. The Morgan fingerprint density at radius 3 is 2.42 bits per heavy atom. The van der Waals surface area contributed by atoms with E-state index in [1.54, 1.807) is 24.3 Å². The minimum Gasteiger partial charge on any atom is -0.388 e. The molecule has 0 spiro atoms. The van der Waals surface area contributed by atoms with E-state index in [0.717, 1.165) is 11.1 Å². The van der Waals surface area contributed by atoms with Gasteiger partial charge in [0, 0.05) is 19.0 Å². The average Bonchev–Trinajstić information content (AvgIpc) is 2.62. The molecule has 0 aliphatic carbocycles. The van der Waals surface area contributed by atoms with Gasteiger partial charge in [-0.05, 0) is 24.6 Å². The van der Waals surface area contributed by atoms with Crippen LogP contribution in [-0.2, 0) is 10.0 Å². The molecule has 1 heterocycles. The van der Waals surface area contributed by atoms with Crippen molar-refractivity contribution in [2.75, 3.05) is 13.1 Å². The number of nitrogens with zero attached hydrogens (tertiary/aromatic N) is 1. The van der Waals surface area contributed by atoms with Crippen molar-refractivity contribution in [3.05, 3.63) is 77.9 Å². The first-order chi connectivity index (χ1) is 11.5. The molecule has 5 heteroatoms. The van der Waals surface area contributed by atoms with E-state index in [4.69, 9.17) is 0 Å². The van der Waals surface area contributed by atoms with Crippen LogP contribution in [0.1, 0.15) is 17.2 Å². The maximum Gasteiger partial charge on any atom is 0.243 e. The average molecular weight is 343 g/mol. The zero-order valence-electron chi connectivity index (χ0n) is 13.5. The van der Waals surface area contributed by atoms with Crippen LogP contribution in [0.5, 0.6) is 0 Å². The second-order valence-electron chi connectivity index (χ2n) is 6.08. The lowest BCUT2D eigenvalue weighted by Gasteiger charge is -2.31. The van der Waals surface area contributed by atoms with Gasteiger partial charge in [0.15, 0.2) is 0 Å². The molecule has 0 bridgehead atoms. The largest absolute Gasteiger partial charge is 0.388 e. The Labute approximate surface area is 143 Å². The first-order valence-corrected chi connectivity index (χ1v) is 9.39. The smallest absolute Gasteiger partial charge is 0.243 e. The summed E-state index contributed by atoms with van der Waals surface area (Å²) in [5.41, 5.74) is 1.81. The number of sulfonamides is 1. The molecule has 0 unspecified atom stereocenters. The van der Waals surface area contributed by atoms with Crippen molar-refractivity contribution in [3.8, 4) is 0 Å². The maximum absolute atomic E-state index is 12.8. The third kappa shape index (κ3) is 3.43. The summed E-state index contributed by atoms with van der Waals surface area (Å²) < 4.78 is 27.1. The Morgan fingerprint density at radius 2 is 1.75 bits per heavy atom. The molecule has 24 heavy (non-hydrogen) atoms. The van der Waals surface area contributed by atoms with Crippen molar-refractivity contribution in [2.24, 2.45) is 5.92 Å². The van der Waals surface area contributed by atoms with Crippen molar-refractivity contribution in [1.82, 2.24) is 4.31 Å². The molecule has 0 aromatic heterocycles. The van der Waals surface area contributed by atoms with E-state index >= 15 is 0 Å². The van der Waals surface area contributed by atoms with Crippen molar-refractivity contribution < 1.29 is 13.5 Å². The molecule has 1 N–H and O–H groups in total. The minimum atomic E-state index is -3.56. The quantitative estimate of drug-likeness (QED) is 0.869. The minimum absolute atomic E-state index is 0.263. The van der Waals surface area contributed by atoms with Gasteiger partial charge < -0.3 is 5.11 Å². The Kier molecular flexibility index (Phi) is 4.85. The van der Waals surface area contributed by atoms with Crippen LogP contribution in [0.25, 0.3) is 0 Å². The SMILES string of the molecule is Cc1ccc(S(=O)(=O)N2CC=C[C@H]([C@@H](O)c3ccccc3)C2)cc1. The Bertz CT molecular complexity index is 813. The van der Waals surface area contributed by atoms with Gasteiger partial charge in [0.1, 0.15) is 0 Å². The lowest BCUT2D eigenvalue weighted by molar-refractivity contribution is 0.117. The fraction of sp³-hybridized carbons (Fsp3) is 0.263. The molecule has 0 saturated carbocycles. The molecule has 1 aliphatic rings. The van der Waals surface area contributed by atoms with Crippen LogP contribution in [0.15, 0.2) is 71.6 Å². The summed E-state index contributed by atoms with van der Waals surface area (Å²) in [7, 11) is -3.56. The van der Waals surface area contributed by atoms with Gasteiger partial charge in [0.05, 0.1) is 11.0 Å². The fourth-order valence-electron chi connectivity index (χ4n) is 2.88.